The molecule has 37 heavy (non-hydrogen) atoms. The van der Waals surface area contributed by atoms with Crippen LogP contribution in [0.25, 0.3) is 0 Å². The summed E-state index contributed by atoms with van der Waals surface area (Å²) in [5.74, 6) is 0. The molecule has 2 aliphatic carbocycles. The number of anilines is 1. The van der Waals surface area contributed by atoms with Gasteiger partial charge in [-0.1, -0.05) is 18.9 Å². The Kier molecular flexibility index (Phi) is 9.85. The fourth-order valence-corrected chi connectivity index (χ4v) is 7.09. The molecule has 2 amide bonds. The summed E-state index contributed by atoms with van der Waals surface area (Å²) in [6, 6.07) is 2.44. The van der Waals surface area contributed by atoms with Gasteiger partial charge in [0.25, 0.3) is 0 Å². The first-order valence-electron chi connectivity index (χ1n) is 14.1. The van der Waals surface area contributed by atoms with Crippen molar-refractivity contribution in [3.8, 4) is 0 Å². The SMILES string of the molecule is CN1CCCCC1CN.CN1CCCCC1CNS(=O)(=O)NC(=O)Nc1c2c(cc3c1CCC3)CCC2. The molecule has 1 aromatic carbocycles. The van der Waals surface area contributed by atoms with Gasteiger partial charge in [-0.05, 0) is 114 Å². The second-order valence-electron chi connectivity index (χ2n) is 11.1. The first kappa shape index (κ1) is 28.3. The average molecular weight is 535 g/mol. The molecule has 9 nitrogen and oxygen atoms in total. The third kappa shape index (κ3) is 7.44. The second-order valence-corrected chi connectivity index (χ2v) is 12.6. The topological polar surface area (TPSA) is 120 Å². The Hall–Kier alpha value is -1.72. The van der Waals surface area contributed by atoms with Gasteiger partial charge in [-0.2, -0.15) is 13.1 Å². The van der Waals surface area contributed by atoms with Crippen molar-refractivity contribution in [3.63, 3.8) is 0 Å². The number of likely N-dealkylation sites (N-methyl/N-ethyl adjacent to an activating group) is 2. The Balaban J connectivity index is 0.000000301. The normalized spacial score (nSPS) is 24.1. The Morgan fingerprint density at radius 2 is 1.46 bits per heavy atom. The highest BCUT2D eigenvalue weighted by Crippen LogP contribution is 2.38. The van der Waals surface area contributed by atoms with Gasteiger partial charge in [0.1, 0.15) is 0 Å². The zero-order valence-corrected chi connectivity index (χ0v) is 23.5. The zero-order valence-electron chi connectivity index (χ0n) is 22.7. The van der Waals surface area contributed by atoms with E-state index in [1.807, 2.05) is 7.05 Å². The number of amides is 2. The molecule has 0 saturated carbocycles. The number of piperidine rings is 2. The fraction of sp³-hybridized carbons (Fsp3) is 0.741. The van der Waals surface area contributed by atoms with Gasteiger partial charge in [0.05, 0.1) is 0 Å². The quantitative estimate of drug-likeness (QED) is 0.445. The van der Waals surface area contributed by atoms with Crippen LogP contribution in [0.4, 0.5) is 10.5 Å². The molecule has 5 rings (SSSR count). The minimum absolute atomic E-state index is 0.175. The van der Waals surface area contributed by atoms with E-state index in [9.17, 15) is 13.2 Å². The summed E-state index contributed by atoms with van der Waals surface area (Å²) in [5, 5.41) is 2.87. The zero-order chi connectivity index (χ0) is 26.4. The Bertz CT molecular complexity index is 1010. The molecule has 2 unspecified atom stereocenters. The summed E-state index contributed by atoms with van der Waals surface area (Å²) in [6.07, 6.45) is 13.4. The summed E-state index contributed by atoms with van der Waals surface area (Å²) in [7, 11) is 0.282. The van der Waals surface area contributed by atoms with Crippen molar-refractivity contribution in [2.75, 3.05) is 45.6 Å². The van der Waals surface area contributed by atoms with Crippen molar-refractivity contribution in [1.82, 2.24) is 19.2 Å². The van der Waals surface area contributed by atoms with Gasteiger partial charge in [0.2, 0.25) is 0 Å². The van der Waals surface area contributed by atoms with E-state index in [2.05, 4.69) is 37.7 Å². The largest absolute Gasteiger partial charge is 0.333 e. The molecular weight excluding hydrogens is 488 g/mol. The molecule has 2 heterocycles. The molecule has 2 atom stereocenters. The van der Waals surface area contributed by atoms with Gasteiger partial charge in [-0.3, -0.25) is 0 Å². The van der Waals surface area contributed by atoms with E-state index < -0.39 is 16.2 Å². The summed E-state index contributed by atoms with van der Waals surface area (Å²) < 4.78 is 29.4. The smallest absolute Gasteiger partial charge is 0.329 e. The van der Waals surface area contributed by atoms with Crippen LogP contribution >= 0.6 is 0 Å². The van der Waals surface area contributed by atoms with E-state index in [0.29, 0.717) is 12.6 Å². The molecule has 208 valence electrons. The van der Waals surface area contributed by atoms with Crippen LogP contribution in [-0.4, -0.2) is 76.6 Å². The average Bonchev–Trinajstić information content (AvgIpc) is 3.53. The van der Waals surface area contributed by atoms with Crippen LogP contribution in [0.1, 0.15) is 73.6 Å². The predicted octanol–water partition coefficient (Wildman–Crippen LogP) is 2.53. The number of nitrogens with two attached hydrogens (primary N) is 1. The number of urea groups is 1. The van der Waals surface area contributed by atoms with E-state index in [1.54, 1.807) is 0 Å². The van der Waals surface area contributed by atoms with Gasteiger partial charge in [0, 0.05) is 30.9 Å². The van der Waals surface area contributed by atoms with Crippen molar-refractivity contribution in [3.05, 3.63) is 28.3 Å². The molecule has 1 aromatic rings. The highest BCUT2D eigenvalue weighted by atomic mass is 32.2. The molecule has 2 aliphatic heterocycles. The lowest BCUT2D eigenvalue weighted by molar-refractivity contribution is 0.187. The third-order valence-electron chi connectivity index (χ3n) is 8.56. The van der Waals surface area contributed by atoms with E-state index in [4.69, 9.17) is 5.73 Å². The number of hydrogen-bond acceptors (Lipinski definition) is 6. The van der Waals surface area contributed by atoms with Gasteiger partial charge in [-0.15, -0.1) is 0 Å². The van der Waals surface area contributed by atoms with Crippen molar-refractivity contribution < 1.29 is 13.2 Å². The summed E-state index contributed by atoms with van der Waals surface area (Å²) >= 11 is 0. The van der Waals surface area contributed by atoms with Crippen molar-refractivity contribution in [2.45, 2.75) is 89.1 Å². The lowest BCUT2D eigenvalue weighted by Crippen LogP contribution is -2.49. The predicted molar refractivity (Wildman–Crippen MR) is 149 cm³/mol. The molecule has 0 aromatic heterocycles. The molecule has 0 radical (unpaired) electrons. The number of carbonyl (C=O) groups is 1. The Morgan fingerprint density at radius 3 is 1.97 bits per heavy atom. The maximum atomic E-state index is 12.5. The van der Waals surface area contributed by atoms with Crippen LogP contribution in [-0.2, 0) is 35.9 Å². The van der Waals surface area contributed by atoms with E-state index in [1.165, 1.54) is 48.1 Å². The highest BCUT2D eigenvalue weighted by molar-refractivity contribution is 7.88. The van der Waals surface area contributed by atoms with Crippen LogP contribution in [0, 0.1) is 0 Å². The molecule has 0 spiro atoms. The maximum Gasteiger partial charge on any atom is 0.333 e. The van der Waals surface area contributed by atoms with E-state index in [0.717, 1.165) is 76.6 Å². The number of fused-ring (bicyclic) bond motifs is 2. The minimum Gasteiger partial charge on any atom is -0.329 e. The molecule has 4 aliphatic rings. The number of aryl methyl sites for hydroxylation is 2. The number of rotatable bonds is 6. The number of carbonyl (C=O) groups excluding carboxylic acids is 1. The molecule has 5 N–H and O–H groups in total. The van der Waals surface area contributed by atoms with Crippen LogP contribution in [0.3, 0.4) is 0 Å². The molecule has 10 heteroatoms. The number of hydrogen-bond donors (Lipinski definition) is 4. The summed E-state index contributed by atoms with van der Waals surface area (Å²) in [4.78, 5) is 17.0. The minimum atomic E-state index is -3.89. The lowest BCUT2D eigenvalue weighted by atomic mass is 9.99. The molecular formula is C27H46N6O3S. The van der Waals surface area contributed by atoms with E-state index >= 15 is 0 Å². The van der Waals surface area contributed by atoms with E-state index in [-0.39, 0.29) is 6.04 Å². The first-order valence-corrected chi connectivity index (χ1v) is 15.6. The van der Waals surface area contributed by atoms with Gasteiger partial charge in [-0.25, -0.2) is 9.52 Å². The molecule has 2 fully saturated rings. The maximum absolute atomic E-state index is 12.5. The number of nitrogens with zero attached hydrogens (tertiary/aromatic N) is 2. The number of likely N-dealkylation sites (tertiary alicyclic amines) is 2. The number of nitrogens with one attached hydrogen (secondary N) is 3. The number of benzene rings is 1. The van der Waals surface area contributed by atoms with Gasteiger partial charge >= 0.3 is 16.2 Å². The summed E-state index contributed by atoms with van der Waals surface area (Å²) in [5.41, 5.74) is 11.4. The Labute approximate surface area is 223 Å². The van der Waals surface area contributed by atoms with Gasteiger partial charge < -0.3 is 20.9 Å². The summed E-state index contributed by atoms with van der Waals surface area (Å²) in [6.45, 7) is 3.36. The Morgan fingerprint density at radius 1 is 0.892 bits per heavy atom. The van der Waals surface area contributed by atoms with Crippen molar-refractivity contribution in [1.29, 1.82) is 0 Å². The van der Waals surface area contributed by atoms with Crippen LogP contribution < -0.4 is 20.5 Å². The van der Waals surface area contributed by atoms with Crippen LogP contribution in [0.5, 0.6) is 0 Å². The first-order chi connectivity index (χ1) is 17.8. The second kappa shape index (κ2) is 12.9. The van der Waals surface area contributed by atoms with Crippen molar-refractivity contribution in [2.24, 2.45) is 5.73 Å². The molecule has 2 saturated heterocycles. The van der Waals surface area contributed by atoms with Crippen LogP contribution in [0.15, 0.2) is 6.07 Å². The van der Waals surface area contributed by atoms with Crippen LogP contribution in [0.2, 0.25) is 0 Å². The standard InChI is InChI=1S/C20H30N4O3S.C7H16N2/c1-24-11-3-2-8-16(24)13-21-28(26,27)23-20(25)22-19-17-9-4-6-14(17)12-15-7-5-10-18(15)19;1-9-5-3-2-4-7(9)6-8/h12,16,21H,2-11,13H2,1H3,(H2,22,23,25);7H,2-6,8H2,1H3. The fourth-order valence-electron chi connectivity index (χ4n) is 6.31. The molecule has 0 bridgehead atoms. The lowest BCUT2D eigenvalue weighted by Gasteiger charge is -2.32. The van der Waals surface area contributed by atoms with Gasteiger partial charge in [0.15, 0.2) is 0 Å². The monoisotopic (exact) mass is 534 g/mol. The van der Waals surface area contributed by atoms with Crippen molar-refractivity contribution >= 4 is 21.9 Å². The third-order valence-corrected chi connectivity index (χ3v) is 9.56. The highest BCUT2D eigenvalue weighted by Gasteiger charge is 2.27.